The summed E-state index contributed by atoms with van der Waals surface area (Å²) in [6.45, 7) is 5.43. The van der Waals surface area contributed by atoms with Crippen LogP contribution in [0.4, 0.5) is 0 Å². The Morgan fingerprint density at radius 1 is 1.52 bits per heavy atom. The number of nitrogens with zero attached hydrogens (tertiary/aromatic N) is 2. The molecule has 114 valence electrons. The molecule has 0 aliphatic carbocycles. The molecule has 1 atom stereocenters. The van der Waals surface area contributed by atoms with Crippen LogP contribution in [-0.4, -0.2) is 35.2 Å². The van der Waals surface area contributed by atoms with E-state index in [0.717, 1.165) is 29.6 Å². The number of pyridine rings is 1. The molecule has 1 N–H and O–H groups in total. The van der Waals surface area contributed by atoms with Crippen molar-refractivity contribution in [3.63, 3.8) is 0 Å². The van der Waals surface area contributed by atoms with Crippen LogP contribution in [0.15, 0.2) is 24.5 Å². The first kappa shape index (κ1) is 15.5. The Kier molecular flexibility index (Phi) is 5.33. The second-order valence-corrected chi connectivity index (χ2v) is 5.27. The second-order valence-electron chi connectivity index (χ2n) is 5.27. The number of carbonyl (C=O) groups excluding carboxylic acids is 1. The molecular formula is C16H23N3O2. The summed E-state index contributed by atoms with van der Waals surface area (Å²) in [5.74, 6) is 0.0546. The summed E-state index contributed by atoms with van der Waals surface area (Å²) in [4.78, 5) is 16.5. The quantitative estimate of drug-likeness (QED) is 0.849. The zero-order chi connectivity index (χ0) is 15.2. The van der Waals surface area contributed by atoms with Gasteiger partial charge in [-0.2, -0.15) is 0 Å². The van der Waals surface area contributed by atoms with Gasteiger partial charge in [0.2, 0.25) is 5.91 Å². The molecule has 0 aliphatic rings. The first-order valence-corrected chi connectivity index (χ1v) is 7.36. The monoisotopic (exact) mass is 289 g/mol. The summed E-state index contributed by atoms with van der Waals surface area (Å²) in [6, 6.07) is 4.12. The van der Waals surface area contributed by atoms with Crippen molar-refractivity contribution in [2.24, 2.45) is 0 Å². The van der Waals surface area contributed by atoms with Crippen molar-refractivity contribution in [2.75, 3.05) is 13.7 Å². The SMILES string of the molecule is CCC(C)NC(=O)Cc1cn(CCOC)c2ncccc12. The topological polar surface area (TPSA) is 56.2 Å². The van der Waals surface area contributed by atoms with Crippen LogP contribution in [0.1, 0.15) is 25.8 Å². The first-order valence-electron chi connectivity index (χ1n) is 7.36. The third-order valence-electron chi connectivity index (χ3n) is 3.62. The van der Waals surface area contributed by atoms with Crippen molar-refractivity contribution in [3.8, 4) is 0 Å². The second kappa shape index (κ2) is 7.22. The van der Waals surface area contributed by atoms with Gasteiger partial charge in [0.1, 0.15) is 5.65 Å². The van der Waals surface area contributed by atoms with Gasteiger partial charge >= 0.3 is 0 Å². The molecule has 0 fully saturated rings. The van der Waals surface area contributed by atoms with Gasteiger partial charge in [-0.3, -0.25) is 4.79 Å². The molecule has 5 nitrogen and oxygen atoms in total. The number of hydrogen-bond acceptors (Lipinski definition) is 3. The number of nitrogens with one attached hydrogen (secondary N) is 1. The Bertz CT molecular complexity index is 607. The zero-order valence-electron chi connectivity index (χ0n) is 12.9. The van der Waals surface area contributed by atoms with Gasteiger partial charge < -0.3 is 14.6 Å². The highest BCUT2D eigenvalue weighted by molar-refractivity contribution is 5.87. The lowest BCUT2D eigenvalue weighted by molar-refractivity contribution is -0.121. The van der Waals surface area contributed by atoms with Crippen molar-refractivity contribution >= 4 is 16.9 Å². The summed E-state index contributed by atoms with van der Waals surface area (Å²) in [5.41, 5.74) is 1.91. The Labute approximate surface area is 125 Å². The van der Waals surface area contributed by atoms with E-state index in [4.69, 9.17) is 4.74 Å². The largest absolute Gasteiger partial charge is 0.383 e. The van der Waals surface area contributed by atoms with E-state index in [1.807, 2.05) is 29.8 Å². The highest BCUT2D eigenvalue weighted by Crippen LogP contribution is 2.20. The van der Waals surface area contributed by atoms with Crippen molar-refractivity contribution < 1.29 is 9.53 Å². The van der Waals surface area contributed by atoms with Crippen LogP contribution >= 0.6 is 0 Å². The summed E-state index contributed by atoms with van der Waals surface area (Å²) in [6.07, 6.45) is 5.09. The fraction of sp³-hybridized carbons (Fsp3) is 0.500. The number of methoxy groups -OCH3 is 1. The number of fused-ring (bicyclic) bond motifs is 1. The highest BCUT2D eigenvalue weighted by Gasteiger charge is 2.13. The minimum Gasteiger partial charge on any atom is -0.383 e. The van der Waals surface area contributed by atoms with Gasteiger partial charge in [0.05, 0.1) is 13.0 Å². The van der Waals surface area contributed by atoms with Crippen LogP contribution in [0.5, 0.6) is 0 Å². The molecule has 0 aromatic carbocycles. The van der Waals surface area contributed by atoms with E-state index in [1.54, 1.807) is 13.3 Å². The molecule has 1 amide bonds. The minimum absolute atomic E-state index is 0.0546. The fourth-order valence-electron chi connectivity index (χ4n) is 2.30. The molecule has 0 saturated carbocycles. The van der Waals surface area contributed by atoms with E-state index in [-0.39, 0.29) is 11.9 Å². The molecular weight excluding hydrogens is 266 g/mol. The Morgan fingerprint density at radius 3 is 3.05 bits per heavy atom. The van der Waals surface area contributed by atoms with Crippen LogP contribution in [0.3, 0.4) is 0 Å². The fourth-order valence-corrected chi connectivity index (χ4v) is 2.30. The predicted molar refractivity (Wildman–Crippen MR) is 83.2 cm³/mol. The number of rotatable bonds is 7. The lowest BCUT2D eigenvalue weighted by atomic mass is 10.1. The Balaban J connectivity index is 2.21. The third kappa shape index (κ3) is 3.82. The average molecular weight is 289 g/mol. The molecule has 2 aromatic heterocycles. The molecule has 2 heterocycles. The standard InChI is InChI=1S/C16H23N3O2/c1-4-12(2)18-15(20)10-13-11-19(8-9-21-3)16-14(13)6-5-7-17-16/h5-7,11-12H,4,8-10H2,1-3H3,(H,18,20). The van der Waals surface area contributed by atoms with Gasteiger partial charge in [0.25, 0.3) is 0 Å². The van der Waals surface area contributed by atoms with Crippen LogP contribution < -0.4 is 5.32 Å². The number of aromatic nitrogens is 2. The molecule has 0 radical (unpaired) electrons. The zero-order valence-corrected chi connectivity index (χ0v) is 12.9. The number of carbonyl (C=O) groups is 1. The van der Waals surface area contributed by atoms with E-state index < -0.39 is 0 Å². The smallest absolute Gasteiger partial charge is 0.224 e. The van der Waals surface area contributed by atoms with Gasteiger partial charge in [-0.25, -0.2) is 4.98 Å². The summed E-state index contributed by atoms with van der Waals surface area (Å²) < 4.78 is 7.17. The molecule has 2 aromatic rings. The van der Waals surface area contributed by atoms with Gasteiger partial charge in [-0.05, 0) is 31.0 Å². The summed E-state index contributed by atoms with van der Waals surface area (Å²) >= 11 is 0. The first-order chi connectivity index (χ1) is 10.2. The molecule has 0 spiro atoms. The number of hydrogen-bond donors (Lipinski definition) is 1. The summed E-state index contributed by atoms with van der Waals surface area (Å²) in [5, 5.41) is 4.04. The lowest BCUT2D eigenvalue weighted by Crippen LogP contribution is -2.33. The van der Waals surface area contributed by atoms with E-state index in [1.165, 1.54) is 0 Å². The van der Waals surface area contributed by atoms with Gasteiger partial charge in [0, 0.05) is 37.5 Å². The maximum atomic E-state index is 12.1. The van der Waals surface area contributed by atoms with E-state index >= 15 is 0 Å². The van der Waals surface area contributed by atoms with Crippen LogP contribution in [0.25, 0.3) is 11.0 Å². The predicted octanol–water partition coefficient (Wildman–Crippen LogP) is 2.14. The van der Waals surface area contributed by atoms with Crippen molar-refractivity contribution in [2.45, 2.75) is 39.3 Å². The van der Waals surface area contributed by atoms with Crippen LogP contribution in [-0.2, 0) is 22.5 Å². The lowest BCUT2D eigenvalue weighted by Gasteiger charge is -2.10. The van der Waals surface area contributed by atoms with Crippen molar-refractivity contribution in [1.82, 2.24) is 14.9 Å². The molecule has 21 heavy (non-hydrogen) atoms. The van der Waals surface area contributed by atoms with Crippen molar-refractivity contribution in [1.29, 1.82) is 0 Å². The minimum atomic E-state index is 0.0546. The number of amides is 1. The molecule has 0 saturated heterocycles. The van der Waals surface area contributed by atoms with Gasteiger partial charge in [-0.1, -0.05) is 6.92 Å². The normalized spacial score (nSPS) is 12.5. The molecule has 0 aliphatic heterocycles. The molecule has 1 unspecified atom stereocenters. The van der Waals surface area contributed by atoms with Crippen molar-refractivity contribution in [3.05, 3.63) is 30.1 Å². The van der Waals surface area contributed by atoms with E-state index in [2.05, 4.69) is 17.2 Å². The Morgan fingerprint density at radius 2 is 2.33 bits per heavy atom. The van der Waals surface area contributed by atoms with E-state index in [9.17, 15) is 4.79 Å². The maximum absolute atomic E-state index is 12.1. The Hall–Kier alpha value is -1.88. The molecule has 2 rings (SSSR count). The van der Waals surface area contributed by atoms with E-state index in [0.29, 0.717) is 13.0 Å². The van der Waals surface area contributed by atoms with Crippen LogP contribution in [0, 0.1) is 0 Å². The molecule has 5 heteroatoms. The number of ether oxygens (including phenoxy) is 1. The van der Waals surface area contributed by atoms with Crippen LogP contribution in [0.2, 0.25) is 0 Å². The maximum Gasteiger partial charge on any atom is 0.224 e. The van der Waals surface area contributed by atoms with Gasteiger partial charge in [0.15, 0.2) is 0 Å². The molecule has 0 bridgehead atoms. The third-order valence-corrected chi connectivity index (χ3v) is 3.62. The summed E-state index contributed by atoms with van der Waals surface area (Å²) in [7, 11) is 1.68. The highest BCUT2D eigenvalue weighted by atomic mass is 16.5. The van der Waals surface area contributed by atoms with Gasteiger partial charge in [-0.15, -0.1) is 0 Å². The average Bonchev–Trinajstić information content (AvgIpc) is 2.83.